The molecule has 0 radical (unpaired) electrons. The van der Waals surface area contributed by atoms with Crippen LogP contribution in [0, 0.1) is 5.92 Å². The Morgan fingerprint density at radius 3 is 2.78 bits per heavy atom. The van der Waals surface area contributed by atoms with Gasteiger partial charge in [0.1, 0.15) is 11.6 Å². The number of phenols is 1. The van der Waals surface area contributed by atoms with E-state index in [4.69, 9.17) is 0 Å². The lowest BCUT2D eigenvalue weighted by Gasteiger charge is -2.06. The van der Waals surface area contributed by atoms with Gasteiger partial charge in [-0.2, -0.15) is 0 Å². The summed E-state index contributed by atoms with van der Waals surface area (Å²) >= 11 is 0. The van der Waals surface area contributed by atoms with Crippen molar-refractivity contribution in [3.05, 3.63) is 46.4 Å². The van der Waals surface area contributed by atoms with E-state index < -0.39 is 0 Å². The maximum absolute atomic E-state index is 11.6. The highest BCUT2D eigenvalue weighted by Crippen LogP contribution is 2.19. The summed E-state index contributed by atoms with van der Waals surface area (Å²) in [5, 5.41) is 9.44. The van der Waals surface area contributed by atoms with Crippen LogP contribution in [0.25, 0.3) is 11.4 Å². The van der Waals surface area contributed by atoms with Gasteiger partial charge in [-0.3, -0.25) is 4.79 Å². The molecule has 4 nitrogen and oxygen atoms in total. The van der Waals surface area contributed by atoms with Gasteiger partial charge in [0.15, 0.2) is 0 Å². The standard InChI is InChI=1S/C14H16N2O2/c1-9(2)6-11-8-13(18)16-14(15-11)10-4-3-5-12(17)7-10/h3-5,7-9,17H,6H2,1-2H3,(H,15,16,18). The minimum Gasteiger partial charge on any atom is -0.508 e. The first kappa shape index (κ1) is 12.4. The lowest BCUT2D eigenvalue weighted by molar-refractivity contribution is 0.475. The van der Waals surface area contributed by atoms with Gasteiger partial charge in [0.05, 0.1) is 0 Å². The number of benzene rings is 1. The fraction of sp³-hybridized carbons (Fsp3) is 0.286. The van der Waals surface area contributed by atoms with Crippen molar-refractivity contribution in [2.24, 2.45) is 5.92 Å². The second-order valence-electron chi connectivity index (χ2n) is 4.73. The van der Waals surface area contributed by atoms with Gasteiger partial charge in [-0.05, 0) is 24.5 Å². The van der Waals surface area contributed by atoms with Crippen LogP contribution in [0.2, 0.25) is 0 Å². The van der Waals surface area contributed by atoms with Crippen LogP contribution in [-0.2, 0) is 6.42 Å². The van der Waals surface area contributed by atoms with E-state index in [0.717, 1.165) is 12.1 Å². The highest BCUT2D eigenvalue weighted by atomic mass is 16.3. The zero-order valence-electron chi connectivity index (χ0n) is 10.5. The predicted molar refractivity (Wildman–Crippen MR) is 70.5 cm³/mol. The molecule has 0 aliphatic carbocycles. The zero-order valence-corrected chi connectivity index (χ0v) is 10.5. The maximum atomic E-state index is 11.6. The number of aromatic hydroxyl groups is 1. The fourth-order valence-electron chi connectivity index (χ4n) is 1.82. The molecule has 2 aromatic rings. The van der Waals surface area contributed by atoms with Gasteiger partial charge in [0, 0.05) is 17.3 Å². The summed E-state index contributed by atoms with van der Waals surface area (Å²) < 4.78 is 0. The molecule has 0 aliphatic rings. The molecule has 0 amide bonds. The third-order valence-corrected chi connectivity index (χ3v) is 2.53. The van der Waals surface area contributed by atoms with Crippen LogP contribution in [-0.4, -0.2) is 15.1 Å². The molecule has 0 unspecified atom stereocenters. The Hall–Kier alpha value is -2.10. The van der Waals surface area contributed by atoms with E-state index >= 15 is 0 Å². The van der Waals surface area contributed by atoms with Crippen molar-refractivity contribution in [2.45, 2.75) is 20.3 Å². The molecule has 1 heterocycles. The van der Waals surface area contributed by atoms with Gasteiger partial charge in [0.2, 0.25) is 0 Å². The number of rotatable bonds is 3. The Labute approximate surface area is 105 Å². The van der Waals surface area contributed by atoms with E-state index in [1.165, 1.54) is 6.07 Å². The van der Waals surface area contributed by atoms with Gasteiger partial charge in [0.25, 0.3) is 5.56 Å². The highest BCUT2D eigenvalue weighted by molar-refractivity contribution is 5.57. The minimum atomic E-state index is -0.168. The molecule has 0 bridgehead atoms. The molecule has 4 heteroatoms. The molecule has 18 heavy (non-hydrogen) atoms. The molecule has 0 saturated heterocycles. The first-order valence-electron chi connectivity index (χ1n) is 5.94. The summed E-state index contributed by atoms with van der Waals surface area (Å²) in [5.74, 6) is 1.09. The van der Waals surface area contributed by atoms with Crippen molar-refractivity contribution >= 4 is 0 Å². The Kier molecular flexibility index (Phi) is 3.46. The number of hydrogen-bond acceptors (Lipinski definition) is 3. The van der Waals surface area contributed by atoms with Gasteiger partial charge in [-0.1, -0.05) is 26.0 Å². The second-order valence-corrected chi connectivity index (χ2v) is 4.73. The van der Waals surface area contributed by atoms with E-state index in [1.54, 1.807) is 24.3 Å². The zero-order chi connectivity index (χ0) is 13.1. The van der Waals surface area contributed by atoms with Crippen LogP contribution >= 0.6 is 0 Å². The lowest BCUT2D eigenvalue weighted by atomic mass is 10.1. The van der Waals surface area contributed by atoms with E-state index in [-0.39, 0.29) is 11.3 Å². The first-order chi connectivity index (χ1) is 8.54. The highest BCUT2D eigenvalue weighted by Gasteiger charge is 2.06. The minimum absolute atomic E-state index is 0.157. The van der Waals surface area contributed by atoms with E-state index in [0.29, 0.717) is 17.3 Å². The number of nitrogens with one attached hydrogen (secondary N) is 1. The summed E-state index contributed by atoms with van der Waals surface area (Å²) in [5.41, 5.74) is 1.31. The number of nitrogens with zero attached hydrogens (tertiary/aromatic N) is 1. The largest absolute Gasteiger partial charge is 0.508 e. The lowest BCUT2D eigenvalue weighted by Crippen LogP contribution is -2.11. The summed E-state index contributed by atoms with van der Waals surface area (Å²) in [6.07, 6.45) is 0.760. The molecule has 1 aromatic carbocycles. The Morgan fingerprint density at radius 2 is 2.11 bits per heavy atom. The van der Waals surface area contributed by atoms with Gasteiger partial charge >= 0.3 is 0 Å². The fourth-order valence-corrected chi connectivity index (χ4v) is 1.82. The van der Waals surface area contributed by atoms with Crippen LogP contribution in [0.15, 0.2) is 35.1 Å². The topological polar surface area (TPSA) is 66.0 Å². The SMILES string of the molecule is CC(C)Cc1cc(=O)[nH]c(-c2cccc(O)c2)n1. The van der Waals surface area contributed by atoms with Crippen LogP contribution in [0.5, 0.6) is 5.75 Å². The molecule has 0 fully saturated rings. The molecule has 0 aliphatic heterocycles. The second kappa shape index (κ2) is 5.04. The van der Waals surface area contributed by atoms with Gasteiger partial charge < -0.3 is 10.1 Å². The molecule has 94 valence electrons. The van der Waals surface area contributed by atoms with E-state index in [2.05, 4.69) is 23.8 Å². The van der Waals surface area contributed by atoms with E-state index in [9.17, 15) is 9.90 Å². The van der Waals surface area contributed by atoms with Crippen molar-refractivity contribution in [1.82, 2.24) is 9.97 Å². The number of H-pyrrole nitrogens is 1. The number of hydrogen-bond donors (Lipinski definition) is 2. The van der Waals surface area contributed by atoms with Crippen LogP contribution in [0.4, 0.5) is 0 Å². The molecular formula is C14H16N2O2. The van der Waals surface area contributed by atoms with Crippen molar-refractivity contribution in [3.63, 3.8) is 0 Å². The summed E-state index contributed by atoms with van der Waals surface area (Å²) in [6, 6.07) is 8.21. The predicted octanol–water partition coefficient (Wildman–Crippen LogP) is 2.34. The summed E-state index contributed by atoms with van der Waals surface area (Å²) in [7, 11) is 0. The van der Waals surface area contributed by atoms with Crippen molar-refractivity contribution in [1.29, 1.82) is 0 Å². The number of aromatic nitrogens is 2. The quantitative estimate of drug-likeness (QED) is 0.870. The molecule has 0 spiro atoms. The number of aromatic amines is 1. The van der Waals surface area contributed by atoms with Crippen LogP contribution < -0.4 is 5.56 Å². The number of phenolic OH excluding ortho intramolecular Hbond substituents is 1. The third kappa shape index (κ3) is 2.97. The average Bonchev–Trinajstić information content (AvgIpc) is 2.27. The van der Waals surface area contributed by atoms with Gasteiger partial charge in [-0.15, -0.1) is 0 Å². The van der Waals surface area contributed by atoms with Crippen LogP contribution in [0.1, 0.15) is 19.5 Å². The Morgan fingerprint density at radius 1 is 1.33 bits per heavy atom. The first-order valence-corrected chi connectivity index (χ1v) is 5.94. The Bertz CT molecular complexity index is 603. The van der Waals surface area contributed by atoms with Crippen molar-refractivity contribution in [2.75, 3.05) is 0 Å². The molecule has 0 saturated carbocycles. The third-order valence-electron chi connectivity index (χ3n) is 2.53. The molecule has 0 atom stereocenters. The molecule has 2 rings (SSSR count). The molecule has 1 aromatic heterocycles. The maximum Gasteiger partial charge on any atom is 0.251 e. The Balaban J connectivity index is 2.45. The normalized spacial score (nSPS) is 10.8. The van der Waals surface area contributed by atoms with Crippen molar-refractivity contribution < 1.29 is 5.11 Å². The summed E-state index contributed by atoms with van der Waals surface area (Å²) in [4.78, 5) is 18.7. The summed E-state index contributed by atoms with van der Waals surface area (Å²) in [6.45, 7) is 4.16. The molecule has 2 N–H and O–H groups in total. The van der Waals surface area contributed by atoms with Gasteiger partial charge in [-0.25, -0.2) is 4.98 Å². The van der Waals surface area contributed by atoms with Crippen molar-refractivity contribution in [3.8, 4) is 17.1 Å². The monoisotopic (exact) mass is 244 g/mol. The van der Waals surface area contributed by atoms with E-state index in [1.807, 2.05) is 0 Å². The smallest absolute Gasteiger partial charge is 0.251 e. The molecular weight excluding hydrogens is 228 g/mol. The van der Waals surface area contributed by atoms with Crippen LogP contribution in [0.3, 0.4) is 0 Å². The average molecular weight is 244 g/mol.